The van der Waals surface area contributed by atoms with Gasteiger partial charge in [-0.05, 0) is 36.4 Å². The van der Waals surface area contributed by atoms with Crippen LogP contribution in [0.25, 0.3) is 17.0 Å². The summed E-state index contributed by atoms with van der Waals surface area (Å²) in [4.78, 5) is 0. The fourth-order valence-corrected chi connectivity index (χ4v) is 3.06. The molecule has 0 atom stereocenters. The van der Waals surface area contributed by atoms with Crippen molar-refractivity contribution in [3.8, 4) is 22.9 Å². The zero-order valence-corrected chi connectivity index (χ0v) is 16.8. The highest BCUT2D eigenvalue weighted by atomic mass is 35.5. The van der Waals surface area contributed by atoms with E-state index in [9.17, 15) is 4.39 Å². The molecule has 2 aromatic heterocycles. The number of ether oxygens (including phenoxy) is 2. The monoisotopic (exact) mass is 426 g/mol. The van der Waals surface area contributed by atoms with Gasteiger partial charge in [-0.25, -0.2) is 4.39 Å². The number of hydrogen-bond acceptors (Lipinski definition) is 7. The van der Waals surface area contributed by atoms with Crippen molar-refractivity contribution in [3.63, 3.8) is 0 Å². The minimum Gasteiger partial charge on any atom is -0.497 e. The molecule has 0 unspecified atom stereocenters. The minimum atomic E-state index is -0.512. The van der Waals surface area contributed by atoms with Gasteiger partial charge in [0.05, 0.1) is 31.0 Å². The van der Waals surface area contributed by atoms with Gasteiger partial charge in [-0.1, -0.05) is 17.7 Å². The molecule has 152 valence electrons. The number of hydrazone groups is 1. The van der Waals surface area contributed by atoms with Crippen LogP contribution in [0.1, 0.15) is 5.56 Å². The fourth-order valence-electron chi connectivity index (χ4n) is 2.81. The van der Waals surface area contributed by atoms with Crippen LogP contribution in [0, 0.1) is 5.82 Å². The van der Waals surface area contributed by atoms with Crippen molar-refractivity contribution in [3.05, 3.63) is 64.9 Å². The molecule has 2 aromatic carbocycles. The first-order chi connectivity index (χ1) is 14.6. The molecule has 0 aliphatic rings. The Morgan fingerprint density at radius 2 is 1.97 bits per heavy atom. The molecule has 30 heavy (non-hydrogen) atoms. The Kier molecular flexibility index (Phi) is 5.44. The molecule has 0 amide bonds. The average molecular weight is 427 g/mol. The Bertz CT molecular complexity index is 1220. The van der Waals surface area contributed by atoms with E-state index in [0.29, 0.717) is 23.0 Å². The molecule has 10 heteroatoms. The molecule has 0 aliphatic carbocycles. The van der Waals surface area contributed by atoms with E-state index < -0.39 is 5.82 Å². The first-order valence-electron chi connectivity index (χ1n) is 8.78. The fraction of sp³-hybridized carbons (Fsp3) is 0.100. The van der Waals surface area contributed by atoms with Crippen LogP contribution in [0.2, 0.25) is 5.02 Å². The molecule has 4 aromatic rings. The summed E-state index contributed by atoms with van der Waals surface area (Å²) in [5.74, 6) is 1.37. The van der Waals surface area contributed by atoms with Crippen molar-refractivity contribution in [2.45, 2.75) is 0 Å². The molecule has 0 saturated carbocycles. The summed E-state index contributed by atoms with van der Waals surface area (Å²) in [5, 5.41) is 16.8. The van der Waals surface area contributed by atoms with Crippen LogP contribution < -0.4 is 14.9 Å². The molecule has 4 rings (SSSR count). The summed E-state index contributed by atoms with van der Waals surface area (Å²) in [5.41, 5.74) is 4.14. The molecule has 0 saturated heterocycles. The highest BCUT2D eigenvalue weighted by Crippen LogP contribution is 2.29. The molecule has 0 radical (unpaired) electrons. The lowest BCUT2D eigenvalue weighted by molar-refractivity contribution is 0.394. The first kappa shape index (κ1) is 19.6. The van der Waals surface area contributed by atoms with Crippen LogP contribution in [0.3, 0.4) is 0 Å². The number of anilines is 1. The third-order valence-electron chi connectivity index (χ3n) is 4.27. The maximum absolute atomic E-state index is 14.3. The number of halogens is 2. The molecule has 0 spiro atoms. The van der Waals surface area contributed by atoms with E-state index in [1.807, 2.05) is 6.07 Å². The maximum Gasteiger partial charge on any atom is 0.189 e. The summed E-state index contributed by atoms with van der Waals surface area (Å²) >= 11 is 6.15. The second-order valence-corrected chi connectivity index (χ2v) is 6.49. The van der Waals surface area contributed by atoms with Gasteiger partial charge in [-0.15, -0.1) is 15.3 Å². The Morgan fingerprint density at radius 3 is 2.73 bits per heavy atom. The van der Waals surface area contributed by atoms with E-state index in [1.165, 1.54) is 16.6 Å². The zero-order chi connectivity index (χ0) is 21.1. The molecule has 0 aliphatic heterocycles. The number of nitrogens with one attached hydrogen (secondary N) is 1. The van der Waals surface area contributed by atoms with E-state index >= 15 is 0 Å². The summed E-state index contributed by atoms with van der Waals surface area (Å²) in [7, 11) is 3.15. The van der Waals surface area contributed by atoms with Crippen LogP contribution >= 0.6 is 11.6 Å². The third-order valence-corrected chi connectivity index (χ3v) is 4.59. The topological polar surface area (TPSA) is 85.9 Å². The van der Waals surface area contributed by atoms with Crippen molar-refractivity contribution in [1.29, 1.82) is 0 Å². The number of hydrogen-bond donors (Lipinski definition) is 1. The van der Waals surface area contributed by atoms with Crippen molar-refractivity contribution in [2.24, 2.45) is 5.10 Å². The lowest BCUT2D eigenvalue weighted by Crippen LogP contribution is -2.02. The van der Waals surface area contributed by atoms with Crippen LogP contribution in [0.15, 0.2) is 53.6 Å². The summed E-state index contributed by atoms with van der Waals surface area (Å²) in [6.07, 6.45) is 1.59. The van der Waals surface area contributed by atoms with Crippen molar-refractivity contribution >= 4 is 29.3 Å². The number of methoxy groups -OCH3 is 2. The van der Waals surface area contributed by atoms with Gasteiger partial charge in [0.2, 0.25) is 0 Å². The predicted molar refractivity (Wildman–Crippen MR) is 112 cm³/mol. The molecule has 1 N–H and O–H groups in total. The number of benzene rings is 2. The van der Waals surface area contributed by atoms with Gasteiger partial charge in [0.25, 0.3) is 0 Å². The SMILES string of the molecule is COc1ccc(C=NNc2ccc3nnc(-c4c(F)cccc4Cl)n3n2)c(OC)c1. The smallest absolute Gasteiger partial charge is 0.189 e. The molecule has 2 heterocycles. The number of rotatable bonds is 6. The summed E-state index contributed by atoms with van der Waals surface area (Å²) in [6, 6.07) is 13.1. The van der Waals surface area contributed by atoms with Crippen LogP contribution in [0.5, 0.6) is 11.5 Å². The number of aromatic nitrogens is 4. The Morgan fingerprint density at radius 1 is 1.10 bits per heavy atom. The van der Waals surface area contributed by atoms with Crippen LogP contribution in [0.4, 0.5) is 10.2 Å². The highest BCUT2D eigenvalue weighted by Gasteiger charge is 2.17. The standard InChI is InChI=1S/C20H16ClFN6O2/c1-29-13-7-6-12(16(10-13)30-2)11-23-24-17-8-9-18-25-26-20(28(18)27-17)19-14(21)4-3-5-15(19)22/h3-11H,1-2H3,(H,24,27). The third kappa shape index (κ3) is 3.74. The Hall–Kier alpha value is -3.72. The first-order valence-corrected chi connectivity index (χ1v) is 9.16. The van der Waals surface area contributed by atoms with Crippen LogP contribution in [-0.4, -0.2) is 40.2 Å². The Balaban J connectivity index is 1.63. The van der Waals surface area contributed by atoms with Gasteiger partial charge in [0, 0.05) is 11.6 Å². The van der Waals surface area contributed by atoms with Crippen molar-refractivity contribution in [1.82, 2.24) is 19.8 Å². The van der Waals surface area contributed by atoms with Gasteiger partial charge in [0.15, 0.2) is 17.3 Å². The molecular formula is C20H16ClFN6O2. The Labute approximate surface area is 175 Å². The largest absolute Gasteiger partial charge is 0.497 e. The van der Waals surface area contributed by atoms with Crippen molar-refractivity contribution < 1.29 is 13.9 Å². The normalized spacial score (nSPS) is 11.2. The number of fused-ring (bicyclic) bond motifs is 1. The second kappa shape index (κ2) is 8.34. The van der Waals surface area contributed by atoms with Crippen LogP contribution in [-0.2, 0) is 0 Å². The van der Waals surface area contributed by atoms with Gasteiger partial charge in [-0.3, -0.25) is 5.43 Å². The minimum absolute atomic E-state index is 0.128. The predicted octanol–water partition coefficient (Wildman–Crippen LogP) is 4.05. The second-order valence-electron chi connectivity index (χ2n) is 6.09. The van der Waals surface area contributed by atoms with E-state index in [4.69, 9.17) is 21.1 Å². The molecule has 0 fully saturated rings. The van der Waals surface area contributed by atoms with Gasteiger partial charge in [-0.2, -0.15) is 9.62 Å². The highest BCUT2D eigenvalue weighted by molar-refractivity contribution is 6.33. The van der Waals surface area contributed by atoms with E-state index in [-0.39, 0.29) is 16.4 Å². The maximum atomic E-state index is 14.3. The molecule has 8 nitrogen and oxygen atoms in total. The molecule has 0 bridgehead atoms. The van der Waals surface area contributed by atoms with Gasteiger partial charge in [0.1, 0.15) is 17.3 Å². The zero-order valence-electron chi connectivity index (χ0n) is 16.0. The van der Waals surface area contributed by atoms with E-state index in [1.54, 1.807) is 50.8 Å². The summed E-state index contributed by atoms with van der Waals surface area (Å²) in [6.45, 7) is 0. The number of nitrogens with zero attached hydrogens (tertiary/aromatic N) is 5. The van der Waals surface area contributed by atoms with E-state index in [2.05, 4.69) is 25.8 Å². The lowest BCUT2D eigenvalue weighted by atomic mass is 10.2. The van der Waals surface area contributed by atoms with Gasteiger partial charge < -0.3 is 9.47 Å². The van der Waals surface area contributed by atoms with Crippen molar-refractivity contribution in [2.75, 3.05) is 19.6 Å². The lowest BCUT2D eigenvalue weighted by Gasteiger charge is -2.07. The molecular weight excluding hydrogens is 411 g/mol. The quantitative estimate of drug-likeness (QED) is 0.370. The van der Waals surface area contributed by atoms with E-state index in [0.717, 1.165) is 5.56 Å². The average Bonchev–Trinajstić information content (AvgIpc) is 3.17. The van der Waals surface area contributed by atoms with Gasteiger partial charge >= 0.3 is 0 Å². The summed E-state index contributed by atoms with van der Waals surface area (Å²) < 4.78 is 26.2.